The van der Waals surface area contributed by atoms with E-state index >= 15 is 0 Å². The van der Waals surface area contributed by atoms with E-state index in [1.165, 1.54) is 5.52 Å². The van der Waals surface area contributed by atoms with Crippen LogP contribution < -0.4 is 5.32 Å². The van der Waals surface area contributed by atoms with Crippen molar-refractivity contribution in [2.75, 3.05) is 11.9 Å². The van der Waals surface area contributed by atoms with E-state index in [4.69, 9.17) is 11.6 Å². The summed E-state index contributed by atoms with van der Waals surface area (Å²) >= 11 is 9.62. The zero-order valence-electron chi connectivity index (χ0n) is 10.8. The number of rotatable bonds is 4. The van der Waals surface area contributed by atoms with E-state index in [0.29, 0.717) is 0 Å². The highest BCUT2D eigenvalue weighted by Gasteiger charge is 2.03. The molecule has 0 fully saturated rings. The van der Waals surface area contributed by atoms with Crippen molar-refractivity contribution in [1.82, 2.24) is 4.57 Å². The van der Waals surface area contributed by atoms with Crippen LogP contribution in [0.5, 0.6) is 0 Å². The Labute approximate surface area is 131 Å². The topological polar surface area (TPSA) is 17.0 Å². The monoisotopic (exact) mass is 348 g/mol. The molecule has 0 spiro atoms. The lowest BCUT2D eigenvalue weighted by molar-refractivity contribution is 0.757. The summed E-state index contributed by atoms with van der Waals surface area (Å²) in [5, 5.41) is 5.33. The molecule has 2 nitrogen and oxygen atoms in total. The molecule has 0 saturated heterocycles. The van der Waals surface area contributed by atoms with Crippen LogP contribution in [-0.2, 0) is 6.54 Å². The molecule has 1 N–H and O–H groups in total. The molecule has 3 aromatic rings. The number of hydrogen-bond acceptors (Lipinski definition) is 1. The number of fused-ring (bicyclic) bond motifs is 1. The Morgan fingerprint density at radius 3 is 2.65 bits per heavy atom. The Balaban J connectivity index is 1.68. The first-order valence-corrected chi connectivity index (χ1v) is 7.64. The van der Waals surface area contributed by atoms with Crippen LogP contribution in [0.2, 0.25) is 5.02 Å². The minimum atomic E-state index is 0.808. The highest BCUT2D eigenvalue weighted by Crippen LogP contribution is 2.24. The molecule has 3 rings (SSSR count). The van der Waals surface area contributed by atoms with Crippen molar-refractivity contribution < 1.29 is 0 Å². The van der Waals surface area contributed by atoms with Gasteiger partial charge in [0.25, 0.3) is 0 Å². The third-order valence-electron chi connectivity index (χ3n) is 3.29. The summed E-state index contributed by atoms with van der Waals surface area (Å²) in [7, 11) is 0. The van der Waals surface area contributed by atoms with E-state index < -0.39 is 0 Å². The summed E-state index contributed by atoms with van der Waals surface area (Å²) in [6, 6.07) is 16.3. The summed E-state index contributed by atoms with van der Waals surface area (Å²) in [4.78, 5) is 0. The first-order chi connectivity index (χ1) is 9.74. The predicted molar refractivity (Wildman–Crippen MR) is 89.6 cm³/mol. The first kappa shape index (κ1) is 13.5. The summed E-state index contributed by atoms with van der Waals surface area (Å²) in [5.41, 5.74) is 2.30. The van der Waals surface area contributed by atoms with Gasteiger partial charge in [0.05, 0.1) is 0 Å². The Hall–Kier alpha value is -1.45. The quantitative estimate of drug-likeness (QED) is 0.687. The van der Waals surface area contributed by atoms with Crippen LogP contribution in [-0.4, -0.2) is 11.1 Å². The molecule has 0 aliphatic heterocycles. The Bertz CT molecular complexity index is 719. The van der Waals surface area contributed by atoms with Gasteiger partial charge in [-0.3, -0.25) is 0 Å². The fraction of sp³-hybridized carbons (Fsp3) is 0.125. The Kier molecular flexibility index (Phi) is 3.99. The molecular formula is C16H14BrClN2. The van der Waals surface area contributed by atoms with E-state index in [9.17, 15) is 0 Å². The van der Waals surface area contributed by atoms with Crippen molar-refractivity contribution in [2.45, 2.75) is 6.54 Å². The molecule has 1 aromatic heterocycles. The van der Waals surface area contributed by atoms with Gasteiger partial charge in [0.1, 0.15) is 0 Å². The Morgan fingerprint density at radius 2 is 1.85 bits per heavy atom. The second-order valence-corrected chi connectivity index (χ2v) is 5.94. The van der Waals surface area contributed by atoms with Crippen LogP contribution in [0.1, 0.15) is 0 Å². The predicted octanol–water partition coefficient (Wildman–Crippen LogP) is 5.17. The second kappa shape index (κ2) is 5.90. The summed E-state index contributed by atoms with van der Waals surface area (Å²) in [6.45, 7) is 1.78. The highest BCUT2D eigenvalue weighted by molar-refractivity contribution is 9.10. The number of nitrogens with one attached hydrogen (secondary N) is 1. The fourth-order valence-corrected chi connectivity index (χ4v) is 2.77. The van der Waals surface area contributed by atoms with Gasteiger partial charge in [-0.1, -0.05) is 33.6 Å². The molecule has 0 radical (unpaired) electrons. The molecule has 1 heterocycles. The van der Waals surface area contributed by atoms with E-state index in [1.807, 2.05) is 24.3 Å². The minimum Gasteiger partial charge on any atom is -0.383 e. The number of nitrogens with zero attached hydrogens (tertiary/aromatic N) is 1. The molecule has 0 aliphatic rings. The van der Waals surface area contributed by atoms with Crippen LogP contribution in [0.4, 0.5) is 5.69 Å². The van der Waals surface area contributed by atoms with Crippen molar-refractivity contribution in [3.63, 3.8) is 0 Å². The average molecular weight is 350 g/mol. The SMILES string of the molecule is Clc1cccc2c1ccn2CCNc1ccc(Br)cc1. The lowest BCUT2D eigenvalue weighted by Gasteiger charge is -2.09. The molecule has 0 amide bonds. The minimum absolute atomic E-state index is 0.808. The number of halogens is 2. The summed E-state index contributed by atoms with van der Waals surface area (Å²) in [5.74, 6) is 0. The maximum atomic E-state index is 6.18. The lowest BCUT2D eigenvalue weighted by atomic mass is 10.2. The number of benzene rings is 2. The van der Waals surface area contributed by atoms with Crippen LogP contribution in [0.3, 0.4) is 0 Å². The maximum absolute atomic E-state index is 6.18. The molecule has 20 heavy (non-hydrogen) atoms. The van der Waals surface area contributed by atoms with Gasteiger partial charge in [-0.05, 0) is 42.5 Å². The fourth-order valence-electron chi connectivity index (χ4n) is 2.27. The van der Waals surface area contributed by atoms with E-state index in [-0.39, 0.29) is 0 Å². The molecule has 0 bridgehead atoms. The molecule has 4 heteroatoms. The molecule has 0 unspecified atom stereocenters. The summed E-state index contributed by atoms with van der Waals surface area (Å²) in [6.07, 6.45) is 2.08. The number of anilines is 1. The van der Waals surface area contributed by atoms with Gasteiger partial charge in [0.15, 0.2) is 0 Å². The number of aromatic nitrogens is 1. The molecule has 2 aromatic carbocycles. The standard InChI is InChI=1S/C16H14BrClN2/c17-12-4-6-13(7-5-12)19-9-11-20-10-8-14-15(18)2-1-3-16(14)20/h1-8,10,19H,9,11H2. The maximum Gasteiger partial charge on any atom is 0.0499 e. The largest absolute Gasteiger partial charge is 0.383 e. The van der Waals surface area contributed by atoms with Gasteiger partial charge in [-0.25, -0.2) is 0 Å². The zero-order valence-corrected chi connectivity index (χ0v) is 13.2. The van der Waals surface area contributed by atoms with Gasteiger partial charge in [0, 0.05) is 45.4 Å². The zero-order chi connectivity index (χ0) is 13.9. The van der Waals surface area contributed by atoms with Crippen molar-refractivity contribution >= 4 is 44.1 Å². The van der Waals surface area contributed by atoms with Gasteiger partial charge in [0.2, 0.25) is 0 Å². The number of hydrogen-bond donors (Lipinski definition) is 1. The first-order valence-electron chi connectivity index (χ1n) is 6.47. The molecule has 0 aliphatic carbocycles. The van der Waals surface area contributed by atoms with Crippen LogP contribution in [0, 0.1) is 0 Å². The summed E-state index contributed by atoms with van der Waals surface area (Å²) < 4.78 is 3.31. The molecule has 0 atom stereocenters. The normalized spacial score (nSPS) is 10.9. The van der Waals surface area contributed by atoms with Crippen LogP contribution >= 0.6 is 27.5 Å². The lowest BCUT2D eigenvalue weighted by Crippen LogP contribution is -2.09. The van der Waals surface area contributed by atoms with Crippen molar-refractivity contribution in [3.05, 3.63) is 64.2 Å². The van der Waals surface area contributed by atoms with E-state index in [1.54, 1.807) is 0 Å². The average Bonchev–Trinajstić information content (AvgIpc) is 2.86. The van der Waals surface area contributed by atoms with Gasteiger partial charge in [-0.15, -0.1) is 0 Å². The molecule has 0 saturated carbocycles. The van der Waals surface area contributed by atoms with E-state index in [2.05, 4.69) is 56.3 Å². The van der Waals surface area contributed by atoms with Crippen molar-refractivity contribution in [2.24, 2.45) is 0 Å². The van der Waals surface area contributed by atoms with Gasteiger partial charge >= 0.3 is 0 Å². The van der Waals surface area contributed by atoms with Gasteiger partial charge in [-0.2, -0.15) is 0 Å². The van der Waals surface area contributed by atoms with Crippen molar-refractivity contribution in [1.29, 1.82) is 0 Å². The Morgan fingerprint density at radius 1 is 1.05 bits per heavy atom. The third-order valence-corrected chi connectivity index (χ3v) is 4.14. The smallest absolute Gasteiger partial charge is 0.0499 e. The second-order valence-electron chi connectivity index (χ2n) is 4.62. The van der Waals surface area contributed by atoms with Crippen LogP contribution in [0.25, 0.3) is 10.9 Å². The van der Waals surface area contributed by atoms with Gasteiger partial charge < -0.3 is 9.88 Å². The molecule has 102 valence electrons. The molecular weight excluding hydrogens is 336 g/mol. The van der Waals surface area contributed by atoms with Crippen molar-refractivity contribution in [3.8, 4) is 0 Å². The van der Waals surface area contributed by atoms with E-state index in [0.717, 1.165) is 33.7 Å². The van der Waals surface area contributed by atoms with Crippen LogP contribution in [0.15, 0.2) is 59.2 Å². The third kappa shape index (κ3) is 2.84. The highest BCUT2D eigenvalue weighted by atomic mass is 79.9.